The van der Waals surface area contributed by atoms with Gasteiger partial charge >= 0.3 is 0 Å². The zero-order valence-corrected chi connectivity index (χ0v) is 12.2. The maximum Gasteiger partial charge on any atom is 0.245 e. The first-order valence-corrected chi connectivity index (χ1v) is 6.76. The van der Waals surface area contributed by atoms with Crippen molar-refractivity contribution in [2.24, 2.45) is 7.05 Å². The minimum atomic E-state index is 0.537. The number of aryl methyl sites for hydroxylation is 2. The Balaban J connectivity index is 2.20. The number of fused-ring (bicyclic) bond motifs is 1. The Morgan fingerprint density at radius 1 is 1.37 bits per heavy atom. The van der Waals surface area contributed by atoms with Crippen molar-refractivity contribution in [1.82, 2.24) is 14.8 Å². The van der Waals surface area contributed by atoms with E-state index in [0.29, 0.717) is 17.2 Å². The summed E-state index contributed by atoms with van der Waals surface area (Å²) < 4.78 is 8.42. The van der Waals surface area contributed by atoms with Gasteiger partial charge in [-0.05, 0) is 24.6 Å². The number of benzene rings is 1. The van der Waals surface area contributed by atoms with Crippen LogP contribution >= 0.6 is 15.9 Å². The molecule has 2 heterocycles. The van der Waals surface area contributed by atoms with E-state index in [4.69, 9.17) is 10.2 Å². The van der Waals surface area contributed by atoms with Crippen LogP contribution in [0.25, 0.3) is 22.7 Å². The Morgan fingerprint density at radius 2 is 2.16 bits per heavy atom. The van der Waals surface area contributed by atoms with Gasteiger partial charge in [-0.2, -0.15) is 5.10 Å². The highest BCUT2D eigenvalue weighted by Gasteiger charge is 2.15. The normalized spacial score (nSPS) is 11.3. The van der Waals surface area contributed by atoms with Crippen LogP contribution in [0.4, 0.5) is 5.69 Å². The number of halogens is 1. The van der Waals surface area contributed by atoms with Crippen molar-refractivity contribution in [1.29, 1.82) is 0 Å². The van der Waals surface area contributed by atoms with Crippen molar-refractivity contribution in [2.45, 2.75) is 13.3 Å². The molecule has 0 radical (unpaired) electrons. The van der Waals surface area contributed by atoms with Crippen molar-refractivity contribution < 1.29 is 4.42 Å². The van der Waals surface area contributed by atoms with Gasteiger partial charge in [-0.1, -0.05) is 22.9 Å². The fourth-order valence-corrected chi connectivity index (χ4v) is 2.50. The van der Waals surface area contributed by atoms with Crippen LogP contribution < -0.4 is 5.73 Å². The number of aromatic nitrogens is 3. The van der Waals surface area contributed by atoms with E-state index in [1.165, 1.54) is 0 Å². The summed E-state index contributed by atoms with van der Waals surface area (Å²) >= 11 is 3.40. The molecule has 1 aromatic carbocycles. The van der Waals surface area contributed by atoms with E-state index in [0.717, 1.165) is 27.8 Å². The van der Waals surface area contributed by atoms with Gasteiger partial charge in [0.15, 0.2) is 5.58 Å². The molecule has 0 bridgehead atoms. The average Bonchev–Trinajstić information content (AvgIpc) is 2.92. The Kier molecular flexibility index (Phi) is 2.82. The van der Waals surface area contributed by atoms with Crippen LogP contribution in [-0.4, -0.2) is 14.8 Å². The molecule has 2 aromatic heterocycles. The molecule has 0 aliphatic heterocycles. The van der Waals surface area contributed by atoms with Crippen molar-refractivity contribution in [3.05, 3.63) is 28.4 Å². The average molecular weight is 321 g/mol. The molecule has 19 heavy (non-hydrogen) atoms. The minimum absolute atomic E-state index is 0.537. The zero-order chi connectivity index (χ0) is 13.6. The summed E-state index contributed by atoms with van der Waals surface area (Å²) in [5, 5.41) is 4.39. The molecule has 3 aromatic rings. The van der Waals surface area contributed by atoms with Gasteiger partial charge < -0.3 is 10.2 Å². The lowest BCUT2D eigenvalue weighted by atomic mass is 10.3. The number of anilines is 1. The number of oxazole rings is 1. The summed E-state index contributed by atoms with van der Waals surface area (Å²) in [7, 11) is 1.88. The molecule has 0 aliphatic rings. The van der Waals surface area contributed by atoms with Crippen molar-refractivity contribution >= 4 is 32.7 Å². The van der Waals surface area contributed by atoms with Crippen LogP contribution in [0.3, 0.4) is 0 Å². The number of nitrogen functional groups attached to an aromatic ring is 1. The van der Waals surface area contributed by atoms with Gasteiger partial charge in [0.25, 0.3) is 0 Å². The molecular formula is C13H13BrN4O. The van der Waals surface area contributed by atoms with E-state index in [1.807, 2.05) is 19.2 Å². The molecule has 3 rings (SSSR count). The van der Waals surface area contributed by atoms with E-state index in [9.17, 15) is 0 Å². The lowest BCUT2D eigenvalue weighted by molar-refractivity contribution is 0.606. The Morgan fingerprint density at radius 3 is 2.84 bits per heavy atom. The molecule has 2 N–H and O–H groups in total. The lowest BCUT2D eigenvalue weighted by Gasteiger charge is -1.95. The third kappa shape index (κ3) is 2.02. The summed E-state index contributed by atoms with van der Waals surface area (Å²) in [5.74, 6) is 0.537. The second-order valence-electron chi connectivity index (χ2n) is 4.36. The quantitative estimate of drug-likeness (QED) is 0.736. The van der Waals surface area contributed by atoms with Gasteiger partial charge in [0.2, 0.25) is 5.89 Å². The summed E-state index contributed by atoms with van der Waals surface area (Å²) in [6.07, 6.45) is 0.877. The van der Waals surface area contributed by atoms with E-state index >= 15 is 0 Å². The third-order valence-electron chi connectivity index (χ3n) is 3.00. The van der Waals surface area contributed by atoms with Crippen LogP contribution in [-0.2, 0) is 13.5 Å². The maximum atomic E-state index is 5.93. The van der Waals surface area contributed by atoms with Crippen LogP contribution in [0.1, 0.15) is 12.6 Å². The molecule has 0 unspecified atom stereocenters. The number of nitrogens with zero attached hydrogens (tertiary/aromatic N) is 3. The summed E-state index contributed by atoms with van der Waals surface area (Å²) in [6.45, 7) is 2.06. The standard InChI is InChI=1S/C13H13BrN4O/c1-3-8-6-11(18(2)17-8)13-16-10-5-7(14)4-9(15)12(10)19-13/h4-6H,3,15H2,1-2H3. The molecule has 0 spiro atoms. The highest BCUT2D eigenvalue weighted by molar-refractivity contribution is 9.10. The first-order valence-electron chi connectivity index (χ1n) is 5.97. The smallest absolute Gasteiger partial charge is 0.245 e. The molecule has 0 atom stereocenters. The topological polar surface area (TPSA) is 69.9 Å². The van der Waals surface area contributed by atoms with E-state index < -0.39 is 0 Å². The SMILES string of the molecule is CCc1cc(-c2nc3cc(Br)cc(N)c3o2)n(C)n1. The van der Waals surface area contributed by atoms with Gasteiger partial charge in [0.1, 0.15) is 11.2 Å². The molecule has 98 valence electrons. The maximum absolute atomic E-state index is 5.93. The second kappa shape index (κ2) is 4.38. The van der Waals surface area contributed by atoms with Gasteiger partial charge in [-0.25, -0.2) is 4.98 Å². The number of hydrogen-bond acceptors (Lipinski definition) is 4. The van der Waals surface area contributed by atoms with E-state index in [1.54, 1.807) is 10.7 Å². The first-order chi connectivity index (χ1) is 9.08. The van der Waals surface area contributed by atoms with Crippen LogP contribution in [0.15, 0.2) is 27.1 Å². The molecule has 0 aliphatic carbocycles. The monoisotopic (exact) mass is 320 g/mol. The second-order valence-corrected chi connectivity index (χ2v) is 5.28. The lowest BCUT2D eigenvalue weighted by Crippen LogP contribution is -1.94. The predicted octanol–water partition coefficient (Wildman–Crippen LogP) is 3.14. The van der Waals surface area contributed by atoms with Gasteiger partial charge in [0.05, 0.1) is 11.4 Å². The Bertz CT molecular complexity index is 759. The van der Waals surface area contributed by atoms with Crippen molar-refractivity contribution in [3.8, 4) is 11.6 Å². The van der Waals surface area contributed by atoms with Crippen LogP contribution in [0.5, 0.6) is 0 Å². The minimum Gasteiger partial charge on any atom is -0.432 e. The largest absolute Gasteiger partial charge is 0.432 e. The first kappa shape index (κ1) is 12.2. The predicted molar refractivity (Wildman–Crippen MR) is 77.7 cm³/mol. The third-order valence-corrected chi connectivity index (χ3v) is 3.45. The van der Waals surface area contributed by atoms with Crippen LogP contribution in [0, 0.1) is 0 Å². The van der Waals surface area contributed by atoms with Crippen molar-refractivity contribution in [2.75, 3.05) is 5.73 Å². The Labute approximate surface area is 118 Å². The van der Waals surface area contributed by atoms with Crippen LogP contribution in [0.2, 0.25) is 0 Å². The van der Waals surface area contributed by atoms with Crippen molar-refractivity contribution in [3.63, 3.8) is 0 Å². The summed E-state index contributed by atoms with van der Waals surface area (Å²) in [6, 6.07) is 5.67. The molecule has 0 saturated heterocycles. The fourth-order valence-electron chi connectivity index (χ4n) is 2.03. The molecule has 0 fully saturated rings. The van der Waals surface area contributed by atoms with E-state index in [-0.39, 0.29) is 0 Å². The Hall–Kier alpha value is -1.82. The van der Waals surface area contributed by atoms with Gasteiger partial charge in [-0.15, -0.1) is 0 Å². The summed E-state index contributed by atoms with van der Waals surface area (Å²) in [5.41, 5.74) is 9.71. The van der Waals surface area contributed by atoms with Gasteiger partial charge in [-0.3, -0.25) is 4.68 Å². The van der Waals surface area contributed by atoms with Gasteiger partial charge in [0, 0.05) is 11.5 Å². The fraction of sp³-hybridized carbons (Fsp3) is 0.231. The number of rotatable bonds is 2. The molecule has 0 amide bonds. The molecular weight excluding hydrogens is 308 g/mol. The number of nitrogens with two attached hydrogens (primary N) is 1. The zero-order valence-electron chi connectivity index (χ0n) is 10.6. The number of hydrogen-bond donors (Lipinski definition) is 1. The highest BCUT2D eigenvalue weighted by Crippen LogP contribution is 2.30. The molecule has 6 heteroatoms. The van der Waals surface area contributed by atoms with E-state index in [2.05, 4.69) is 32.9 Å². The molecule has 5 nitrogen and oxygen atoms in total. The molecule has 0 saturated carbocycles. The summed E-state index contributed by atoms with van der Waals surface area (Å²) in [4.78, 5) is 4.48. The highest BCUT2D eigenvalue weighted by atomic mass is 79.9.